The molecule has 0 atom stereocenters. The van der Waals surface area contributed by atoms with Crippen LogP contribution in [0.1, 0.15) is 36.5 Å². The number of halogens is 1. The normalized spacial score (nSPS) is 12.1. The SMILES string of the molecule is CCCn1c(=NC(=O)c2ccc(S(=O)(=O)N(CCC#N)CCC#N)cc2)sc2cc(F)ccc21. The van der Waals surface area contributed by atoms with Crippen LogP contribution in [-0.4, -0.2) is 36.3 Å². The van der Waals surface area contributed by atoms with E-state index < -0.39 is 15.9 Å². The first-order valence-electron chi connectivity index (χ1n) is 10.5. The van der Waals surface area contributed by atoms with Crippen LogP contribution in [0, 0.1) is 28.5 Å². The van der Waals surface area contributed by atoms with Crippen LogP contribution in [0.4, 0.5) is 4.39 Å². The van der Waals surface area contributed by atoms with E-state index in [4.69, 9.17) is 10.5 Å². The van der Waals surface area contributed by atoms with Gasteiger partial charge in [0.05, 0.1) is 27.3 Å². The highest BCUT2D eigenvalue weighted by atomic mass is 32.2. The summed E-state index contributed by atoms with van der Waals surface area (Å²) in [5.41, 5.74) is 0.988. The molecule has 11 heteroatoms. The molecule has 3 aromatic rings. The molecule has 1 aromatic heterocycles. The molecule has 34 heavy (non-hydrogen) atoms. The second-order valence-electron chi connectivity index (χ2n) is 7.31. The molecule has 8 nitrogen and oxygen atoms in total. The maximum absolute atomic E-state index is 13.6. The van der Waals surface area contributed by atoms with Crippen LogP contribution in [0.15, 0.2) is 52.4 Å². The molecule has 0 fully saturated rings. The highest BCUT2D eigenvalue weighted by molar-refractivity contribution is 7.89. The fraction of sp³-hybridized carbons (Fsp3) is 0.304. The highest BCUT2D eigenvalue weighted by Gasteiger charge is 2.24. The summed E-state index contributed by atoms with van der Waals surface area (Å²) in [6.45, 7) is 2.54. The predicted octanol–water partition coefficient (Wildman–Crippen LogP) is 3.81. The van der Waals surface area contributed by atoms with Crippen LogP contribution in [-0.2, 0) is 16.6 Å². The number of carbonyl (C=O) groups excluding carboxylic acids is 1. The average molecular weight is 500 g/mol. The van der Waals surface area contributed by atoms with Crippen molar-refractivity contribution in [1.29, 1.82) is 10.5 Å². The Balaban J connectivity index is 1.92. The molecular weight excluding hydrogens is 477 g/mol. The summed E-state index contributed by atoms with van der Waals surface area (Å²) in [5.74, 6) is -0.919. The fourth-order valence-corrected chi connectivity index (χ4v) is 5.86. The van der Waals surface area contributed by atoms with Crippen LogP contribution in [0.2, 0.25) is 0 Å². The molecule has 0 aliphatic heterocycles. The third kappa shape index (κ3) is 5.57. The number of sulfonamides is 1. The largest absolute Gasteiger partial charge is 0.316 e. The van der Waals surface area contributed by atoms with E-state index in [0.29, 0.717) is 16.0 Å². The minimum absolute atomic E-state index is 0.00304. The second kappa shape index (κ2) is 11.2. The van der Waals surface area contributed by atoms with Crippen molar-refractivity contribution in [1.82, 2.24) is 8.87 Å². The highest BCUT2D eigenvalue weighted by Crippen LogP contribution is 2.20. The summed E-state index contributed by atoms with van der Waals surface area (Å²) >= 11 is 1.21. The number of amides is 1. The number of benzene rings is 2. The van der Waals surface area contributed by atoms with Crippen LogP contribution in [0.5, 0.6) is 0 Å². The van der Waals surface area contributed by atoms with E-state index in [1.54, 1.807) is 6.07 Å². The quantitative estimate of drug-likeness (QED) is 0.443. The van der Waals surface area contributed by atoms with Crippen molar-refractivity contribution in [3.05, 3.63) is 58.6 Å². The Hall–Kier alpha value is -3.38. The van der Waals surface area contributed by atoms with Gasteiger partial charge in [0.2, 0.25) is 10.0 Å². The van der Waals surface area contributed by atoms with Crippen molar-refractivity contribution < 1.29 is 17.6 Å². The van der Waals surface area contributed by atoms with Gasteiger partial charge in [0.1, 0.15) is 5.82 Å². The lowest BCUT2D eigenvalue weighted by Gasteiger charge is -2.20. The molecule has 0 spiro atoms. The lowest BCUT2D eigenvalue weighted by molar-refractivity contribution is 0.0997. The van der Waals surface area contributed by atoms with E-state index in [2.05, 4.69) is 4.99 Å². The Labute approximate surface area is 200 Å². The smallest absolute Gasteiger partial charge is 0.279 e. The zero-order valence-electron chi connectivity index (χ0n) is 18.4. The van der Waals surface area contributed by atoms with Crippen molar-refractivity contribution in [2.75, 3.05) is 13.1 Å². The van der Waals surface area contributed by atoms with Gasteiger partial charge in [-0.1, -0.05) is 18.3 Å². The molecule has 0 saturated heterocycles. The van der Waals surface area contributed by atoms with Gasteiger partial charge in [-0.15, -0.1) is 0 Å². The van der Waals surface area contributed by atoms with Gasteiger partial charge in [0.25, 0.3) is 5.91 Å². The summed E-state index contributed by atoms with van der Waals surface area (Å²) in [6.07, 6.45) is 0.791. The number of aryl methyl sites for hydroxylation is 1. The molecule has 0 unspecified atom stereocenters. The number of hydrogen-bond donors (Lipinski definition) is 0. The predicted molar refractivity (Wildman–Crippen MR) is 126 cm³/mol. The average Bonchev–Trinajstić information content (AvgIpc) is 3.15. The summed E-state index contributed by atoms with van der Waals surface area (Å²) in [7, 11) is -3.93. The number of nitrogens with zero attached hydrogens (tertiary/aromatic N) is 5. The van der Waals surface area contributed by atoms with E-state index in [-0.39, 0.29) is 42.2 Å². The molecule has 0 aliphatic carbocycles. The van der Waals surface area contributed by atoms with Gasteiger partial charge in [0.15, 0.2) is 4.80 Å². The summed E-state index contributed by atoms with van der Waals surface area (Å²) in [5, 5.41) is 17.6. The van der Waals surface area contributed by atoms with Gasteiger partial charge in [-0.25, -0.2) is 12.8 Å². The van der Waals surface area contributed by atoms with Gasteiger partial charge in [0, 0.05) is 38.0 Å². The van der Waals surface area contributed by atoms with Gasteiger partial charge >= 0.3 is 0 Å². The van der Waals surface area contributed by atoms with Crippen molar-refractivity contribution in [3.63, 3.8) is 0 Å². The maximum Gasteiger partial charge on any atom is 0.279 e. The maximum atomic E-state index is 13.6. The zero-order valence-corrected chi connectivity index (χ0v) is 20.1. The van der Waals surface area contributed by atoms with Crippen molar-refractivity contribution >= 4 is 37.5 Å². The molecule has 3 rings (SSSR count). The van der Waals surface area contributed by atoms with Gasteiger partial charge in [-0.05, 0) is 48.9 Å². The number of nitriles is 2. The summed E-state index contributed by atoms with van der Waals surface area (Å²) in [6, 6.07) is 13.6. The molecule has 0 saturated carbocycles. The second-order valence-corrected chi connectivity index (χ2v) is 10.3. The minimum atomic E-state index is -3.93. The van der Waals surface area contributed by atoms with Crippen molar-refractivity contribution in [2.45, 2.75) is 37.6 Å². The molecule has 2 aromatic carbocycles. The zero-order chi connectivity index (χ0) is 24.7. The Morgan fingerprint density at radius 3 is 2.35 bits per heavy atom. The first-order chi connectivity index (χ1) is 16.3. The minimum Gasteiger partial charge on any atom is -0.316 e. The Morgan fingerprint density at radius 1 is 1.12 bits per heavy atom. The lowest BCUT2D eigenvalue weighted by Crippen LogP contribution is -2.32. The van der Waals surface area contributed by atoms with Crippen LogP contribution in [0.25, 0.3) is 10.2 Å². The number of fused-ring (bicyclic) bond motifs is 1. The topological polar surface area (TPSA) is 119 Å². The molecule has 1 amide bonds. The molecule has 176 valence electrons. The molecule has 0 radical (unpaired) electrons. The third-order valence-corrected chi connectivity index (χ3v) is 7.93. The first kappa shape index (κ1) is 25.2. The Kier molecular flexibility index (Phi) is 8.29. The van der Waals surface area contributed by atoms with Crippen LogP contribution >= 0.6 is 11.3 Å². The lowest BCUT2D eigenvalue weighted by atomic mass is 10.2. The van der Waals surface area contributed by atoms with E-state index in [9.17, 15) is 17.6 Å². The van der Waals surface area contributed by atoms with Gasteiger partial charge in [-0.3, -0.25) is 4.79 Å². The molecular formula is C23H22FN5O3S2. The molecule has 0 N–H and O–H groups in total. The number of rotatable bonds is 9. The van der Waals surface area contributed by atoms with Gasteiger partial charge in [-0.2, -0.15) is 19.8 Å². The molecule has 1 heterocycles. The van der Waals surface area contributed by atoms with Gasteiger partial charge < -0.3 is 4.57 Å². The molecule has 0 bridgehead atoms. The van der Waals surface area contributed by atoms with Crippen molar-refractivity contribution in [3.8, 4) is 12.1 Å². The third-order valence-electron chi connectivity index (χ3n) is 4.97. The number of aromatic nitrogens is 1. The number of hydrogen-bond acceptors (Lipinski definition) is 6. The monoisotopic (exact) mass is 499 g/mol. The fourth-order valence-electron chi connectivity index (χ4n) is 3.34. The van der Waals surface area contributed by atoms with E-state index in [1.165, 1.54) is 47.7 Å². The van der Waals surface area contributed by atoms with Crippen molar-refractivity contribution in [2.24, 2.45) is 4.99 Å². The van der Waals surface area contributed by atoms with E-state index in [1.807, 2.05) is 23.6 Å². The van der Waals surface area contributed by atoms with Crippen LogP contribution < -0.4 is 4.80 Å². The summed E-state index contributed by atoms with van der Waals surface area (Å²) < 4.78 is 43.1. The van der Waals surface area contributed by atoms with Crippen LogP contribution in [0.3, 0.4) is 0 Å². The van der Waals surface area contributed by atoms with E-state index in [0.717, 1.165) is 16.2 Å². The standard InChI is InChI=1S/C23H22FN5O3S2/c1-2-13-29-20-10-7-18(24)16-21(20)33-23(29)27-22(30)17-5-8-19(9-6-17)34(31,32)28(14-3-11-25)15-4-12-26/h5-10,16H,2-4,13-15H2,1H3. The number of thiazole rings is 1. The summed E-state index contributed by atoms with van der Waals surface area (Å²) in [4.78, 5) is 17.4. The van der Waals surface area contributed by atoms with E-state index >= 15 is 0 Å². The Bertz CT molecular complexity index is 1430. The Morgan fingerprint density at radius 2 is 1.76 bits per heavy atom. The number of carbonyl (C=O) groups is 1. The molecule has 0 aliphatic rings. The first-order valence-corrected chi connectivity index (χ1v) is 12.8.